The summed E-state index contributed by atoms with van der Waals surface area (Å²) in [6, 6.07) is 14.0. The molecule has 6 heteroatoms. The van der Waals surface area contributed by atoms with Crippen molar-refractivity contribution < 1.29 is 23.8 Å². The van der Waals surface area contributed by atoms with Gasteiger partial charge in [-0.05, 0) is 30.2 Å². The second-order valence-corrected chi connectivity index (χ2v) is 5.78. The molecule has 0 heterocycles. The molecule has 1 unspecified atom stereocenters. The van der Waals surface area contributed by atoms with Gasteiger partial charge in [0.15, 0.2) is 18.1 Å². The Labute approximate surface area is 153 Å². The summed E-state index contributed by atoms with van der Waals surface area (Å²) in [6.45, 7) is 1.70. The lowest BCUT2D eigenvalue weighted by atomic mass is 10.1. The van der Waals surface area contributed by atoms with E-state index in [0.29, 0.717) is 17.9 Å². The van der Waals surface area contributed by atoms with Gasteiger partial charge in [0.1, 0.15) is 6.04 Å². The molecule has 1 atom stereocenters. The van der Waals surface area contributed by atoms with Gasteiger partial charge in [-0.25, -0.2) is 4.79 Å². The van der Waals surface area contributed by atoms with Crippen molar-refractivity contribution >= 4 is 11.9 Å². The topological polar surface area (TPSA) is 73.9 Å². The number of rotatable bonds is 8. The molecule has 0 fully saturated rings. The Morgan fingerprint density at radius 1 is 1.04 bits per heavy atom. The molecule has 2 aromatic carbocycles. The van der Waals surface area contributed by atoms with Crippen LogP contribution in [0.5, 0.6) is 11.5 Å². The number of aryl methyl sites for hydroxylation is 1. The third-order valence-corrected chi connectivity index (χ3v) is 3.78. The number of benzene rings is 2. The van der Waals surface area contributed by atoms with E-state index in [0.717, 1.165) is 11.1 Å². The highest BCUT2D eigenvalue weighted by Crippen LogP contribution is 2.27. The lowest BCUT2D eigenvalue weighted by molar-refractivity contribution is -0.145. The lowest BCUT2D eigenvalue weighted by Gasteiger charge is -2.17. The highest BCUT2D eigenvalue weighted by atomic mass is 16.5. The highest BCUT2D eigenvalue weighted by Gasteiger charge is 2.22. The molecule has 0 aliphatic heterocycles. The molecular formula is C20H23NO5. The fourth-order valence-electron chi connectivity index (χ4n) is 2.46. The molecule has 0 aliphatic rings. The molecule has 0 spiro atoms. The van der Waals surface area contributed by atoms with E-state index in [1.54, 1.807) is 6.07 Å². The number of amides is 1. The zero-order valence-corrected chi connectivity index (χ0v) is 15.2. The molecule has 0 aromatic heterocycles. The van der Waals surface area contributed by atoms with Crippen molar-refractivity contribution in [3.63, 3.8) is 0 Å². The van der Waals surface area contributed by atoms with Gasteiger partial charge in [0, 0.05) is 6.42 Å². The van der Waals surface area contributed by atoms with Crippen molar-refractivity contribution in [1.29, 1.82) is 0 Å². The number of nitrogens with one attached hydrogen (secondary N) is 1. The summed E-state index contributed by atoms with van der Waals surface area (Å²) in [5.41, 5.74) is 1.94. The number of hydrogen-bond donors (Lipinski definition) is 1. The van der Waals surface area contributed by atoms with Gasteiger partial charge in [-0.15, -0.1) is 0 Å². The molecule has 26 heavy (non-hydrogen) atoms. The highest BCUT2D eigenvalue weighted by molar-refractivity contribution is 5.85. The number of methoxy groups -OCH3 is 2. The van der Waals surface area contributed by atoms with Crippen molar-refractivity contribution in [3.05, 3.63) is 59.7 Å². The van der Waals surface area contributed by atoms with Crippen LogP contribution in [0.4, 0.5) is 0 Å². The van der Waals surface area contributed by atoms with Crippen LogP contribution in [-0.2, 0) is 20.7 Å². The summed E-state index contributed by atoms with van der Waals surface area (Å²) in [5.74, 6) is 0.0895. The number of hydrogen-bond acceptors (Lipinski definition) is 5. The summed E-state index contributed by atoms with van der Waals surface area (Å²) in [4.78, 5) is 24.2. The molecule has 6 nitrogen and oxygen atoms in total. The van der Waals surface area contributed by atoms with Gasteiger partial charge in [-0.3, -0.25) is 4.79 Å². The monoisotopic (exact) mass is 357 g/mol. The van der Waals surface area contributed by atoms with Crippen molar-refractivity contribution in [2.45, 2.75) is 19.4 Å². The van der Waals surface area contributed by atoms with Gasteiger partial charge in [0.25, 0.3) is 5.91 Å². The lowest BCUT2D eigenvalue weighted by Crippen LogP contribution is -2.44. The van der Waals surface area contributed by atoms with Crippen LogP contribution in [0.15, 0.2) is 48.5 Å². The van der Waals surface area contributed by atoms with E-state index in [4.69, 9.17) is 14.2 Å². The van der Waals surface area contributed by atoms with Gasteiger partial charge in [-0.1, -0.05) is 36.4 Å². The van der Waals surface area contributed by atoms with E-state index < -0.39 is 17.9 Å². The first kappa shape index (κ1) is 19.3. The van der Waals surface area contributed by atoms with Gasteiger partial charge >= 0.3 is 5.97 Å². The van der Waals surface area contributed by atoms with E-state index in [-0.39, 0.29) is 6.61 Å². The molecule has 0 radical (unpaired) electrons. The summed E-state index contributed by atoms with van der Waals surface area (Å²) >= 11 is 0. The molecule has 0 saturated carbocycles. The van der Waals surface area contributed by atoms with Gasteiger partial charge < -0.3 is 19.5 Å². The Kier molecular flexibility index (Phi) is 7.02. The summed E-state index contributed by atoms with van der Waals surface area (Å²) in [7, 11) is 2.83. The first-order valence-corrected chi connectivity index (χ1v) is 8.22. The first-order valence-electron chi connectivity index (χ1n) is 8.22. The van der Waals surface area contributed by atoms with Crippen LogP contribution >= 0.6 is 0 Å². The van der Waals surface area contributed by atoms with E-state index >= 15 is 0 Å². The molecule has 1 amide bonds. The molecule has 138 valence electrons. The normalized spacial score (nSPS) is 11.3. The third-order valence-electron chi connectivity index (χ3n) is 3.78. The van der Waals surface area contributed by atoms with E-state index in [1.807, 2.05) is 49.4 Å². The minimum absolute atomic E-state index is 0.234. The maximum atomic E-state index is 12.2. The molecule has 2 aromatic rings. The summed E-state index contributed by atoms with van der Waals surface area (Å²) < 4.78 is 15.5. The third kappa shape index (κ3) is 5.51. The first-order chi connectivity index (χ1) is 12.5. The van der Waals surface area contributed by atoms with E-state index in [2.05, 4.69) is 5.32 Å². The minimum Gasteiger partial charge on any atom is -0.493 e. The van der Waals surface area contributed by atoms with Gasteiger partial charge in [0.2, 0.25) is 0 Å². The predicted octanol–water partition coefficient (Wildman–Crippen LogP) is 2.28. The second kappa shape index (κ2) is 9.46. The largest absolute Gasteiger partial charge is 0.493 e. The Morgan fingerprint density at radius 3 is 2.42 bits per heavy atom. The van der Waals surface area contributed by atoms with Crippen molar-refractivity contribution in [2.75, 3.05) is 20.8 Å². The van der Waals surface area contributed by atoms with Crippen molar-refractivity contribution in [2.24, 2.45) is 0 Å². The summed E-state index contributed by atoms with van der Waals surface area (Å²) in [6.07, 6.45) is 0.340. The average molecular weight is 357 g/mol. The maximum Gasteiger partial charge on any atom is 0.328 e. The zero-order valence-electron chi connectivity index (χ0n) is 15.2. The molecule has 2 rings (SSSR count). The molecular weight excluding hydrogens is 334 g/mol. The Bertz CT molecular complexity index is 745. The fraction of sp³-hybridized carbons (Fsp3) is 0.300. The van der Waals surface area contributed by atoms with E-state index in [9.17, 15) is 9.59 Å². The van der Waals surface area contributed by atoms with E-state index in [1.165, 1.54) is 14.2 Å². The summed E-state index contributed by atoms with van der Waals surface area (Å²) in [5, 5.41) is 2.66. The second-order valence-electron chi connectivity index (χ2n) is 5.78. The Morgan fingerprint density at radius 2 is 1.77 bits per heavy atom. The quantitative estimate of drug-likeness (QED) is 0.734. The predicted molar refractivity (Wildman–Crippen MR) is 97.3 cm³/mol. The number of esters is 1. The van der Waals surface area contributed by atoms with Crippen LogP contribution in [0.25, 0.3) is 0 Å². The van der Waals surface area contributed by atoms with Crippen LogP contribution in [0, 0.1) is 6.92 Å². The molecule has 0 bridgehead atoms. The maximum absolute atomic E-state index is 12.2. The zero-order chi connectivity index (χ0) is 18.9. The van der Waals surface area contributed by atoms with Crippen LogP contribution in [0.2, 0.25) is 0 Å². The molecule has 0 saturated heterocycles. The Balaban J connectivity index is 1.97. The van der Waals surface area contributed by atoms with Gasteiger partial charge in [-0.2, -0.15) is 0 Å². The van der Waals surface area contributed by atoms with Gasteiger partial charge in [0.05, 0.1) is 14.2 Å². The van der Waals surface area contributed by atoms with Crippen LogP contribution < -0.4 is 14.8 Å². The van der Waals surface area contributed by atoms with Crippen molar-refractivity contribution in [1.82, 2.24) is 5.32 Å². The number of carbonyl (C=O) groups excluding carboxylic acids is 2. The minimum atomic E-state index is -0.779. The van der Waals surface area contributed by atoms with Crippen molar-refractivity contribution in [3.8, 4) is 11.5 Å². The number of ether oxygens (including phenoxy) is 3. The van der Waals surface area contributed by atoms with Crippen LogP contribution in [0.3, 0.4) is 0 Å². The van der Waals surface area contributed by atoms with Crippen LogP contribution in [0.1, 0.15) is 11.1 Å². The Hall–Kier alpha value is -3.02. The molecule has 1 N–H and O–H groups in total. The fourth-order valence-corrected chi connectivity index (χ4v) is 2.46. The number of carbonyl (C=O) groups is 2. The SMILES string of the molecule is COC(=O)C(Cc1ccccc1)NC(=O)COc1ccc(C)cc1OC. The molecule has 0 aliphatic carbocycles. The standard InChI is InChI=1S/C20H23NO5/c1-14-9-10-17(18(11-14)24-2)26-13-19(22)21-16(20(23)25-3)12-15-7-5-4-6-8-15/h4-11,16H,12-13H2,1-3H3,(H,21,22). The smallest absolute Gasteiger partial charge is 0.328 e. The van der Waals surface area contributed by atoms with Crippen LogP contribution in [-0.4, -0.2) is 38.7 Å². The average Bonchev–Trinajstić information content (AvgIpc) is 2.66.